The lowest BCUT2D eigenvalue weighted by atomic mass is 10.2. The van der Waals surface area contributed by atoms with Gasteiger partial charge in [-0.25, -0.2) is 5.26 Å². The van der Waals surface area contributed by atoms with Gasteiger partial charge in [-0.05, 0) is 30.7 Å². The molecule has 0 spiro atoms. The molecule has 0 amide bonds. The zero-order valence-electron chi connectivity index (χ0n) is 10.4. The molecule has 0 atom stereocenters. The van der Waals surface area contributed by atoms with Crippen molar-refractivity contribution in [3.63, 3.8) is 0 Å². The molecule has 10 heteroatoms. The fourth-order valence-electron chi connectivity index (χ4n) is 1.49. The van der Waals surface area contributed by atoms with Crippen molar-refractivity contribution in [2.45, 2.75) is 11.8 Å². The molecule has 2 aromatic rings. The second-order valence-corrected chi connectivity index (χ2v) is 4.90. The molecule has 1 aromatic carbocycles. The van der Waals surface area contributed by atoms with Gasteiger partial charge in [0.15, 0.2) is 5.82 Å². The zero-order valence-corrected chi connectivity index (χ0v) is 12.0. The highest BCUT2D eigenvalue weighted by molar-refractivity contribution is 7.94. The van der Waals surface area contributed by atoms with Crippen molar-refractivity contribution in [1.29, 1.82) is 0 Å². The summed E-state index contributed by atoms with van der Waals surface area (Å²) in [4.78, 5) is 6.92. The van der Waals surface area contributed by atoms with Crippen molar-refractivity contribution in [3.8, 4) is 0 Å². The fourth-order valence-corrected chi connectivity index (χ4v) is 2.04. The topological polar surface area (TPSA) is 76.5 Å². The molecular formula is C11H8ClF2N3O3S. The number of aryl methyl sites for hydroxylation is 1. The number of nitrogens with zero attached hydrogens (tertiary/aromatic N) is 2. The lowest BCUT2D eigenvalue weighted by Gasteiger charge is -2.10. The van der Waals surface area contributed by atoms with E-state index in [1.165, 1.54) is 0 Å². The van der Waals surface area contributed by atoms with Crippen molar-refractivity contribution in [1.82, 2.24) is 9.97 Å². The van der Waals surface area contributed by atoms with Gasteiger partial charge in [-0.2, -0.15) is 18.7 Å². The highest BCUT2D eigenvalue weighted by atomic mass is 35.5. The van der Waals surface area contributed by atoms with Crippen molar-refractivity contribution in [2.75, 3.05) is 5.32 Å². The Kier molecular flexibility index (Phi) is 5.26. The molecule has 6 nitrogen and oxygen atoms in total. The van der Waals surface area contributed by atoms with Crippen LogP contribution in [0.5, 0.6) is 0 Å². The maximum absolute atomic E-state index is 13.2. The predicted octanol–water partition coefficient (Wildman–Crippen LogP) is 3.89. The van der Waals surface area contributed by atoms with E-state index in [1.807, 2.05) is 0 Å². The second kappa shape index (κ2) is 6.96. The molecule has 21 heavy (non-hydrogen) atoms. The number of aromatic nitrogens is 2. The number of rotatable bonds is 5. The second-order valence-electron chi connectivity index (χ2n) is 3.78. The molecule has 0 bridgehead atoms. The van der Waals surface area contributed by atoms with Crippen LogP contribution < -0.4 is 5.32 Å². The first-order valence-corrected chi connectivity index (χ1v) is 6.54. The minimum Gasteiger partial charge on any atom is -0.339 e. The lowest BCUT2D eigenvalue weighted by Crippen LogP contribution is -2.02. The first kappa shape index (κ1) is 15.9. The van der Waals surface area contributed by atoms with Crippen molar-refractivity contribution < 1.29 is 23.4 Å². The van der Waals surface area contributed by atoms with E-state index in [2.05, 4.69) is 24.7 Å². The van der Waals surface area contributed by atoms with Crippen molar-refractivity contribution >= 4 is 35.1 Å². The van der Waals surface area contributed by atoms with Crippen LogP contribution in [0.25, 0.3) is 0 Å². The van der Waals surface area contributed by atoms with E-state index in [-0.39, 0.29) is 5.82 Å². The van der Waals surface area contributed by atoms with Crippen molar-refractivity contribution in [2.24, 2.45) is 0 Å². The molecule has 2 rings (SSSR count). The number of hydrogen-bond donors (Lipinski definition) is 2. The molecule has 0 unspecified atom stereocenters. The highest BCUT2D eigenvalue weighted by Crippen LogP contribution is 2.29. The van der Waals surface area contributed by atoms with Gasteiger partial charge in [0.25, 0.3) is 0 Å². The molecule has 1 aromatic heterocycles. The molecule has 0 aliphatic carbocycles. The van der Waals surface area contributed by atoms with E-state index in [0.717, 1.165) is 17.6 Å². The quantitative estimate of drug-likeness (QED) is 0.282. The molecule has 0 aliphatic rings. The first-order valence-electron chi connectivity index (χ1n) is 5.42. The number of nitrogens with one attached hydrogen (secondary N) is 1. The third-order valence-electron chi connectivity index (χ3n) is 2.38. The van der Waals surface area contributed by atoms with Gasteiger partial charge in [-0.3, -0.25) is 0 Å². The largest absolute Gasteiger partial charge is 0.339 e. The molecule has 0 saturated carbocycles. The van der Waals surface area contributed by atoms with E-state index >= 15 is 0 Å². The highest BCUT2D eigenvalue weighted by Gasteiger charge is 2.13. The summed E-state index contributed by atoms with van der Waals surface area (Å²) in [5, 5.41) is 13.9. The smallest absolute Gasteiger partial charge is 0.313 e. The van der Waals surface area contributed by atoms with Gasteiger partial charge in [0.2, 0.25) is 5.95 Å². The minimum absolute atomic E-state index is 0.184. The van der Waals surface area contributed by atoms with Gasteiger partial charge < -0.3 is 5.32 Å². The molecule has 1 heterocycles. The van der Waals surface area contributed by atoms with Crippen LogP contribution in [-0.4, -0.2) is 15.2 Å². The summed E-state index contributed by atoms with van der Waals surface area (Å²) in [6.07, 6.45) is -1.23. The Bertz CT molecular complexity index is 663. The summed E-state index contributed by atoms with van der Waals surface area (Å²) in [5.74, 6) is -1.33. The predicted molar refractivity (Wildman–Crippen MR) is 72.1 cm³/mol. The monoisotopic (exact) mass is 335 g/mol. The molecule has 0 radical (unpaired) electrons. The number of halogens is 3. The maximum atomic E-state index is 13.2. The average molecular weight is 336 g/mol. The fraction of sp³-hybridized carbons (Fsp3) is 0.0909. The Morgan fingerprint density at radius 3 is 2.76 bits per heavy atom. The Labute approximate surface area is 127 Å². The summed E-state index contributed by atoms with van der Waals surface area (Å²) in [7, 11) is 0. The van der Waals surface area contributed by atoms with Crippen LogP contribution in [0.2, 0.25) is 5.02 Å². The number of benzene rings is 1. The summed E-state index contributed by atoms with van der Waals surface area (Å²) >= 11 is 6.46. The van der Waals surface area contributed by atoms with Crippen LogP contribution in [0.4, 0.5) is 20.3 Å². The summed E-state index contributed by atoms with van der Waals surface area (Å²) < 4.78 is 30.5. The SMILES string of the molecule is Cc1cc(Nc2nc(F)nc(F)c2Cl)ccc1SOOO. The average Bonchev–Trinajstić information content (AvgIpc) is 2.43. The maximum Gasteiger partial charge on any atom is 0.313 e. The van der Waals surface area contributed by atoms with Crippen LogP contribution in [-0.2, 0) is 9.37 Å². The van der Waals surface area contributed by atoms with Gasteiger partial charge in [-0.1, -0.05) is 16.6 Å². The Morgan fingerprint density at radius 2 is 2.10 bits per heavy atom. The van der Waals surface area contributed by atoms with Gasteiger partial charge in [0.1, 0.15) is 5.02 Å². The summed E-state index contributed by atoms with van der Waals surface area (Å²) in [6, 6.07) is 4.91. The zero-order chi connectivity index (χ0) is 15.4. The standard InChI is InChI=1S/C11H8ClF2N3O3S/c1-5-4-6(2-3-7(5)21-20-19-18)15-10-8(12)9(13)16-11(14)17-10/h2-4,18H,1H3,(H,15,16,17). The molecule has 0 aliphatic heterocycles. The van der Waals surface area contributed by atoms with E-state index in [1.54, 1.807) is 25.1 Å². The van der Waals surface area contributed by atoms with E-state index < -0.39 is 17.0 Å². The first-order chi connectivity index (χ1) is 10.0. The summed E-state index contributed by atoms with van der Waals surface area (Å²) in [5.41, 5.74) is 1.26. The normalized spacial score (nSPS) is 10.7. The lowest BCUT2D eigenvalue weighted by molar-refractivity contribution is -0.432. The van der Waals surface area contributed by atoms with Crippen LogP contribution in [0, 0.1) is 18.9 Å². The Hall–Kier alpha value is -1.52. The minimum atomic E-state index is -1.23. The van der Waals surface area contributed by atoms with Crippen molar-refractivity contribution in [3.05, 3.63) is 40.8 Å². The number of hydrogen-bond acceptors (Lipinski definition) is 7. The van der Waals surface area contributed by atoms with Crippen LogP contribution in [0.3, 0.4) is 0 Å². The van der Waals surface area contributed by atoms with Gasteiger partial charge in [0.05, 0.1) is 12.0 Å². The van der Waals surface area contributed by atoms with Crippen LogP contribution in [0.15, 0.2) is 23.1 Å². The van der Waals surface area contributed by atoms with Gasteiger partial charge in [-0.15, -0.1) is 4.33 Å². The van der Waals surface area contributed by atoms with Crippen LogP contribution in [0.1, 0.15) is 5.56 Å². The Balaban J connectivity index is 2.22. The third kappa shape index (κ3) is 3.99. The molecule has 0 saturated heterocycles. The van der Waals surface area contributed by atoms with E-state index in [4.69, 9.17) is 16.9 Å². The van der Waals surface area contributed by atoms with Gasteiger partial charge in [0, 0.05) is 10.6 Å². The van der Waals surface area contributed by atoms with E-state index in [9.17, 15) is 8.78 Å². The van der Waals surface area contributed by atoms with Gasteiger partial charge >= 0.3 is 6.08 Å². The Morgan fingerprint density at radius 1 is 1.33 bits per heavy atom. The molecule has 2 N–H and O–H groups in total. The van der Waals surface area contributed by atoms with E-state index in [0.29, 0.717) is 10.6 Å². The third-order valence-corrected chi connectivity index (χ3v) is 3.48. The molecule has 112 valence electrons. The molecular weight excluding hydrogens is 328 g/mol. The van der Waals surface area contributed by atoms with Crippen LogP contribution >= 0.6 is 23.6 Å². The molecule has 0 fully saturated rings. The summed E-state index contributed by atoms with van der Waals surface area (Å²) in [6.45, 7) is 1.76. The number of anilines is 2.